The average molecular weight is 564 g/mol. The van der Waals surface area contributed by atoms with E-state index in [0.717, 1.165) is 8.14 Å². The zero-order valence-electron chi connectivity index (χ0n) is 17.8. The standard InChI is InChI=1S/C20H25IN2O7S/c1-5-29-18(24)16-17(31(26,27)22-8-10-28-11-9-22)14-12-13(21)6-7-15(14)23(16)19(25)30-20(2,3)4/h6-7,12H,5,8-11H2,1-4H3. The van der Waals surface area contributed by atoms with Gasteiger partial charge in [0, 0.05) is 22.0 Å². The number of benzene rings is 1. The molecular weight excluding hydrogens is 539 g/mol. The molecule has 0 amide bonds. The molecule has 2 heterocycles. The van der Waals surface area contributed by atoms with Crippen LogP contribution in [0.25, 0.3) is 10.9 Å². The molecule has 0 N–H and O–H groups in total. The fraction of sp³-hybridized carbons (Fsp3) is 0.500. The summed E-state index contributed by atoms with van der Waals surface area (Å²) in [6.45, 7) is 7.48. The number of esters is 1. The van der Waals surface area contributed by atoms with Gasteiger partial charge in [-0.15, -0.1) is 0 Å². The average Bonchev–Trinajstić information content (AvgIpc) is 3.02. The first-order valence-electron chi connectivity index (χ1n) is 9.79. The lowest BCUT2D eigenvalue weighted by Crippen LogP contribution is -2.41. The number of hydrogen-bond donors (Lipinski definition) is 0. The Hall–Kier alpha value is -1.70. The number of carbonyl (C=O) groups is 2. The maximum atomic E-state index is 13.7. The van der Waals surface area contributed by atoms with E-state index in [-0.39, 0.29) is 54.4 Å². The van der Waals surface area contributed by atoms with Crippen molar-refractivity contribution in [2.45, 2.75) is 38.2 Å². The van der Waals surface area contributed by atoms with Crippen molar-refractivity contribution in [2.75, 3.05) is 32.9 Å². The number of morpholine rings is 1. The number of aromatic nitrogens is 1. The van der Waals surface area contributed by atoms with Crippen LogP contribution in [0.5, 0.6) is 0 Å². The van der Waals surface area contributed by atoms with Gasteiger partial charge in [-0.3, -0.25) is 0 Å². The predicted octanol–water partition coefficient (Wildman–Crippen LogP) is 3.23. The van der Waals surface area contributed by atoms with Crippen molar-refractivity contribution in [3.8, 4) is 0 Å². The second kappa shape index (κ2) is 9.04. The van der Waals surface area contributed by atoms with Crippen molar-refractivity contribution in [2.24, 2.45) is 0 Å². The number of sulfonamides is 1. The van der Waals surface area contributed by atoms with E-state index < -0.39 is 27.7 Å². The van der Waals surface area contributed by atoms with Gasteiger partial charge < -0.3 is 14.2 Å². The van der Waals surface area contributed by atoms with Crippen molar-refractivity contribution >= 4 is 55.6 Å². The highest BCUT2D eigenvalue weighted by molar-refractivity contribution is 14.1. The predicted molar refractivity (Wildman–Crippen MR) is 122 cm³/mol. The van der Waals surface area contributed by atoms with Gasteiger partial charge in [0.25, 0.3) is 0 Å². The Balaban J connectivity index is 2.36. The SMILES string of the molecule is CCOC(=O)c1c(S(=O)(=O)N2CCOCC2)c2cc(I)ccc2n1C(=O)OC(C)(C)C. The third-order valence-electron chi connectivity index (χ3n) is 4.50. The topological polar surface area (TPSA) is 104 Å². The van der Waals surface area contributed by atoms with Crippen LogP contribution >= 0.6 is 22.6 Å². The number of hydrogen-bond acceptors (Lipinski definition) is 7. The Bertz CT molecular complexity index is 1110. The summed E-state index contributed by atoms with van der Waals surface area (Å²) in [4.78, 5) is 25.8. The summed E-state index contributed by atoms with van der Waals surface area (Å²) in [6.07, 6.45) is -0.856. The van der Waals surface area contributed by atoms with Crippen LogP contribution in [0, 0.1) is 3.57 Å². The van der Waals surface area contributed by atoms with Gasteiger partial charge in [0.15, 0.2) is 5.69 Å². The van der Waals surface area contributed by atoms with Gasteiger partial charge in [-0.05, 0) is 68.5 Å². The van der Waals surface area contributed by atoms with E-state index in [0.29, 0.717) is 0 Å². The number of carbonyl (C=O) groups excluding carboxylic acids is 2. The lowest BCUT2D eigenvalue weighted by Gasteiger charge is -2.26. The van der Waals surface area contributed by atoms with Crippen molar-refractivity contribution in [1.29, 1.82) is 0 Å². The molecule has 1 aromatic carbocycles. The van der Waals surface area contributed by atoms with E-state index in [1.807, 2.05) is 0 Å². The molecule has 11 heteroatoms. The second-order valence-electron chi connectivity index (χ2n) is 7.89. The molecule has 31 heavy (non-hydrogen) atoms. The minimum Gasteiger partial charge on any atom is -0.461 e. The Kier molecular flexibility index (Phi) is 6.99. The molecule has 3 rings (SSSR count). The van der Waals surface area contributed by atoms with E-state index in [1.54, 1.807) is 45.9 Å². The summed E-state index contributed by atoms with van der Waals surface area (Å²) in [6, 6.07) is 4.96. The van der Waals surface area contributed by atoms with Gasteiger partial charge in [0.2, 0.25) is 10.0 Å². The van der Waals surface area contributed by atoms with Crippen LogP contribution in [0.3, 0.4) is 0 Å². The molecule has 170 valence electrons. The largest absolute Gasteiger partial charge is 0.461 e. The summed E-state index contributed by atoms with van der Waals surface area (Å²) in [5, 5.41) is 0.257. The van der Waals surface area contributed by atoms with E-state index in [4.69, 9.17) is 14.2 Å². The van der Waals surface area contributed by atoms with Crippen LogP contribution in [0.1, 0.15) is 38.2 Å². The van der Waals surface area contributed by atoms with Gasteiger partial charge in [0.1, 0.15) is 10.5 Å². The Labute approximate surface area is 194 Å². The first kappa shape index (κ1) is 24.0. The molecule has 1 aromatic heterocycles. The number of fused-ring (bicyclic) bond motifs is 1. The van der Waals surface area contributed by atoms with Crippen molar-refractivity contribution in [1.82, 2.24) is 8.87 Å². The van der Waals surface area contributed by atoms with Crippen LogP contribution in [-0.4, -0.2) is 67.9 Å². The molecule has 0 atom stereocenters. The zero-order chi connectivity index (χ0) is 23.0. The Morgan fingerprint density at radius 1 is 1.19 bits per heavy atom. The number of nitrogens with zero attached hydrogens (tertiary/aromatic N) is 2. The van der Waals surface area contributed by atoms with Gasteiger partial charge >= 0.3 is 12.1 Å². The van der Waals surface area contributed by atoms with Crippen molar-refractivity contribution in [3.63, 3.8) is 0 Å². The molecule has 0 saturated carbocycles. The smallest absolute Gasteiger partial charge is 0.419 e. The summed E-state index contributed by atoms with van der Waals surface area (Å²) in [5.74, 6) is -0.911. The van der Waals surface area contributed by atoms with Gasteiger partial charge in [-0.2, -0.15) is 4.31 Å². The normalized spacial score (nSPS) is 15.8. The minimum atomic E-state index is -4.14. The molecule has 0 unspecified atom stereocenters. The van der Waals surface area contributed by atoms with Gasteiger partial charge in [-0.1, -0.05) is 0 Å². The summed E-state index contributed by atoms with van der Waals surface area (Å²) < 4.78 is 46.2. The first-order chi connectivity index (χ1) is 14.5. The Morgan fingerprint density at radius 3 is 2.42 bits per heavy atom. The minimum absolute atomic E-state index is 0.0171. The maximum Gasteiger partial charge on any atom is 0.419 e. The molecule has 2 aromatic rings. The molecule has 0 radical (unpaired) electrons. The van der Waals surface area contributed by atoms with Crippen LogP contribution in [0.4, 0.5) is 4.79 Å². The van der Waals surface area contributed by atoms with Crippen molar-refractivity contribution in [3.05, 3.63) is 27.5 Å². The van der Waals surface area contributed by atoms with Crippen LogP contribution in [0.15, 0.2) is 23.1 Å². The number of rotatable bonds is 4. The Morgan fingerprint density at radius 2 is 1.84 bits per heavy atom. The molecule has 9 nitrogen and oxygen atoms in total. The lowest BCUT2D eigenvalue weighted by molar-refractivity contribution is 0.0448. The highest BCUT2D eigenvalue weighted by atomic mass is 127. The highest BCUT2D eigenvalue weighted by Gasteiger charge is 2.39. The molecular formula is C20H25IN2O7S. The fourth-order valence-corrected chi connectivity index (χ4v) is 5.53. The molecule has 0 bridgehead atoms. The molecule has 1 aliphatic rings. The molecule has 1 aliphatic heterocycles. The molecule has 0 aliphatic carbocycles. The number of ether oxygens (including phenoxy) is 3. The second-order valence-corrected chi connectivity index (χ2v) is 11.0. The molecule has 1 fully saturated rings. The fourth-order valence-electron chi connectivity index (χ4n) is 3.29. The van der Waals surface area contributed by atoms with Gasteiger partial charge in [-0.25, -0.2) is 22.6 Å². The quantitative estimate of drug-likeness (QED) is 0.415. The van der Waals surface area contributed by atoms with Crippen molar-refractivity contribution < 1.29 is 32.2 Å². The van der Waals surface area contributed by atoms with Crippen LogP contribution in [-0.2, 0) is 24.2 Å². The summed E-state index contributed by atoms with van der Waals surface area (Å²) in [7, 11) is -4.14. The highest BCUT2D eigenvalue weighted by Crippen LogP contribution is 2.35. The third-order valence-corrected chi connectivity index (χ3v) is 7.14. The number of halogens is 1. The van der Waals surface area contributed by atoms with Gasteiger partial charge in [0.05, 0.1) is 25.3 Å². The first-order valence-corrected chi connectivity index (χ1v) is 12.3. The maximum absolute atomic E-state index is 13.7. The molecule has 0 spiro atoms. The van der Waals surface area contributed by atoms with Crippen LogP contribution < -0.4 is 0 Å². The van der Waals surface area contributed by atoms with E-state index >= 15 is 0 Å². The third kappa shape index (κ3) is 4.89. The zero-order valence-corrected chi connectivity index (χ0v) is 20.8. The van der Waals surface area contributed by atoms with E-state index in [9.17, 15) is 18.0 Å². The lowest BCUT2D eigenvalue weighted by atomic mass is 10.2. The molecule has 1 saturated heterocycles. The van der Waals surface area contributed by atoms with E-state index in [2.05, 4.69) is 22.6 Å². The van der Waals surface area contributed by atoms with Crippen LogP contribution in [0.2, 0.25) is 0 Å². The summed E-state index contributed by atoms with van der Waals surface area (Å²) >= 11 is 2.05. The monoisotopic (exact) mass is 564 g/mol. The summed E-state index contributed by atoms with van der Waals surface area (Å²) in [5.41, 5.74) is -0.962. The van der Waals surface area contributed by atoms with E-state index in [1.165, 1.54) is 4.31 Å².